The third-order valence-corrected chi connectivity index (χ3v) is 5.05. The second-order valence-corrected chi connectivity index (χ2v) is 7.49. The number of hydrogen-bond donors (Lipinski definition) is 1. The zero-order valence-electron chi connectivity index (χ0n) is 11.5. The third kappa shape index (κ3) is 2.92. The number of hydrogen-bond acceptors (Lipinski definition) is 2. The van der Waals surface area contributed by atoms with Gasteiger partial charge in [-0.2, -0.15) is 0 Å². The second kappa shape index (κ2) is 4.74. The van der Waals surface area contributed by atoms with Gasteiger partial charge in [0.25, 0.3) is 0 Å². The minimum absolute atomic E-state index is 0.224. The van der Waals surface area contributed by atoms with E-state index >= 15 is 0 Å². The van der Waals surface area contributed by atoms with Gasteiger partial charge in [0.1, 0.15) is 0 Å². The summed E-state index contributed by atoms with van der Waals surface area (Å²) in [6.45, 7) is 10.2. The molecule has 0 atom stereocenters. The predicted molar refractivity (Wildman–Crippen MR) is 76.8 cm³/mol. The smallest absolute Gasteiger partial charge is 0.0177 e. The van der Waals surface area contributed by atoms with Crippen LogP contribution in [0.2, 0.25) is 0 Å². The lowest BCUT2D eigenvalue weighted by Crippen LogP contribution is -2.52. The first kappa shape index (κ1) is 13.1. The van der Waals surface area contributed by atoms with Crippen LogP contribution in [0.25, 0.3) is 0 Å². The fourth-order valence-corrected chi connectivity index (χ4v) is 3.73. The van der Waals surface area contributed by atoms with Crippen LogP contribution >= 0.6 is 11.3 Å². The Balaban J connectivity index is 2.05. The minimum atomic E-state index is 0.224. The predicted octanol–water partition coefficient (Wildman–Crippen LogP) is 4.19. The molecule has 0 unspecified atom stereocenters. The molecule has 1 aromatic heterocycles. The van der Waals surface area contributed by atoms with Crippen LogP contribution in [0.1, 0.15) is 51.8 Å². The van der Waals surface area contributed by atoms with E-state index in [0.29, 0.717) is 5.41 Å². The highest BCUT2D eigenvalue weighted by Crippen LogP contribution is 2.50. The van der Waals surface area contributed by atoms with Crippen LogP contribution < -0.4 is 5.32 Å². The standard InChI is InChI=1S/C15H25NS/c1-5-12-9-15(10-12,11-16-14(2,3)4)13-7-6-8-17-13/h6-8,12,16H,5,9-11H2,1-4H3. The van der Waals surface area contributed by atoms with Crippen molar-refractivity contribution >= 4 is 11.3 Å². The quantitative estimate of drug-likeness (QED) is 0.846. The van der Waals surface area contributed by atoms with E-state index in [1.165, 1.54) is 19.3 Å². The highest BCUT2D eigenvalue weighted by Gasteiger charge is 2.45. The molecule has 0 aliphatic heterocycles. The topological polar surface area (TPSA) is 12.0 Å². The summed E-state index contributed by atoms with van der Waals surface area (Å²) in [4.78, 5) is 1.58. The zero-order chi connectivity index (χ0) is 12.5. The Morgan fingerprint density at radius 2 is 2.12 bits per heavy atom. The van der Waals surface area contributed by atoms with Gasteiger partial charge in [-0.3, -0.25) is 0 Å². The van der Waals surface area contributed by atoms with Crippen LogP contribution in [0.4, 0.5) is 0 Å². The van der Waals surface area contributed by atoms with Crippen LogP contribution in [0.3, 0.4) is 0 Å². The van der Waals surface area contributed by atoms with Crippen LogP contribution in [-0.2, 0) is 5.41 Å². The molecular formula is C15H25NS. The lowest BCUT2D eigenvalue weighted by Gasteiger charge is -2.48. The zero-order valence-corrected chi connectivity index (χ0v) is 12.4. The van der Waals surface area contributed by atoms with Crippen molar-refractivity contribution in [1.82, 2.24) is 5.32 Å². The number of thiophene rings is 1. The van der Waals surface area contributed by atoms with Gasteiger partial charge in [-0.05, 0) is 51.0 Å². The van der Waals surface area contributed by atoms with Gasteiger partial charge < -0.3 is 5.32 Å². The molecular weight excluding hydrogens is 226 g/mol. The second-order valence-electron chi connectivity index (χ2n) is 6.54. The van der Waals surface area contributed by atoms with E-state index in [1.54, 1.807) is 4.88 Å². The first-order valence-corrected chi connectivity index (χ1v) is 7.62. The van der Waals surface area contributed by atoms with Gasteiger partial charge in [-0.1, -0.05) is 19.4 Å². The van der Waals surface area contributed by atoms with E-state index < -0.39 is 0 Å². The normalized spacial score (nSPS) is 29.1. The maximum atomic E-state index is 3.70. The van der Waals surface area contributed by atoms with E-state index in [9.17, 15) is 0 Å². The van der Waals surface area contributed by atoms with Crippen LogP contribution in [0.15, 0.2) is 17.5 Å². The molecule has 0 amide bonds. The van der Waals surface area contributed by atoms with E-state index in [1.807, 2.05) is 11.3 Å². The summed E-state index contributed by atoms with van der Waals surface area (Å²) in [5, 5.41) is 5.92. The Bertz CT molecular complexity index is 341. The first-order chi connectivity index (χ1) is 7.95. The Morgan fingerprint density at radius 1 is 1.41 bits per heavy atom. The van der Waals surface area contributed by atoms with E-state index in [0.717, 1.165) is 12.5 Å². The van der Waals surface area contributed by atoms with Crippen LogP contribution in [0, 0.1) is 5.92 Å². The molecule has 1 fully saturated rings. The van der Waals surface area contributed by atoms with Gasteiger partial charge in [-0.15, -0.1) is 11.3 Å². The molecule has 1 aliphatic carbocycles. The first-order valence-electron chi connectivity index (χ1n) is 6.74. The average molecular weight is 251 g/mol. The van der Waals surface area contributed by atoms with Crippen molar-refractivity contribution < 1.29 is 0 Å². The molecule has 96 valence electrons. The molecule has 1 nitrogen and oxygen atoms in total. The van der Waals surface area contributed by atoms with Gasteiger partial charge in [0, 0.05) is 22.4 Å². The van der Waals surface area contributed by atoms with Crippen LogP contribution in [-0.4, -0.2) is 12.1 Å². The molecule has 2 rings (SSSR count). The highest BCUT2D eigenvalue weighted by molar-refractivity contribution is 7.10. The molecule has 2 heteroatoms. The fraction of sp³-hybridized carbons (Fsp3) is 0.733. The molecule has 1 N–H and O–H groups in total. The van der Waals surface area contributed by atoms with Crippen molar-refractivity contribution in [3.63, 3.8) is 0 Å². The SMILES string of the molecule is CCC1CC(CNC(C)(C)C)(c2cccs2)C1. The molecule has 17 heavy (non-hydrogen) atoms. The summed E-state index contributed by atoms with van der Waals surface area (Å²) in [6, 6.07) is 4.51. The lowest BCUT2D eigenvalue weighted by molar-refractivity contribution is 0.128. The summed E-state index contributed by atoms with van der Waals surface area (Å²) in [5.74, 6) is 0.943. The summed E-state index contributed by atoms with van der Waals surface area (Å²) in [5.41, 5.74) is 0.656. The van der Waals surface area contributed by atoms with E-state index in [-0.39, 0.29) is 5.54 Å². The molecule has 1 heterocycles. The van der Waals surface area contributed by atoms with Crippen molar-refractivity contribution in [2.45, 2.75) is 57.9 Å². The van der Waals surface area contributed by atoms with E-state index in [4.69, 9.17) is 0 Å². The molecule has 0 aromatic carbocycles. The van der Waals surface area contributed by atoms with Gasteiger partial charge >= 0.3 is 0 Å². The maximum absolute atomic E-state index is 3.70. The molecule has 0 saturated heterocycles. The number of nitrogens with one attached hydrogen (secondary N) is 1. The molecule has 1 aliphatic rings. The van der Waals surface area contributed by atoms with Crippen molar-refractivity contribution in [2.75, 3.05) is 6.54 Å². The Morgan fingerprint density at radius 3 is 2.59 bits per heavy atom. The Hall–Kier alpha value is -0.340. The Kier molecular flexibility index (Phi) is 3.65. The van der Waals surface area contributed by atoms with E-state index in [2.05, 4.69) is 50.5 Å². The average Bonchev–Trinajstić information content (AvgIpc) is 2.68. The van der Waals surface area contributed by atoms with Gasteiger partial charge in [0.05, 0.1) is 0 Å². The fourth-order valence-electron chi connectivity index (χ4n) is 2.78. The summed E-state index contributed by atoms with van der Waals surface area (Å²) >= 11 is 1.93. The summed E-state index contributed by atoms with van der Waals surface area (Å²) in [7, 11) is 0. The van der Waals surface area contributed by atoms with Gasteiger partial charge in [0.15, 0.2) is 0 Å². The lowest BCUT2D eigenvalue weighted by atomic mass is 9.60. The Labute approximate surface area is 110 Å². The third-order valence-electron chi connectivity index (χ3n) is 3.94. The molecule has 0 bridgehead atoms. The summed E-state index contributed by atoms with van der Waals surface area (Å²) < 4.78 is 0. The van der Waals surface area contributed by atoms with Crippen LogP contribution in [0.5, 0.6) is 0 Å². The molecule has 0 radical (unpaired) electrons. The molecule has 0 spiro atoms. The largest absolute Gasteiger partial charge is 0.311 e. The maximum Gasteiger partial charge on any atom is 0.0177 e. The molecule has 1 aromatic rings. The van der Waals surface area contributed by atoms with Gasteiger partial charge in [0.2, 0.25) is 0 Å². The van der Waals surface area contributed by atoms with Crippen molar-refractivity contribution in [2.24, 2.45) is 5.92 Å². The summed E-state index contributed by atoms with van der Waals surface area (Å²) in [6.07, 6.45) is 4.07. The highest BCUT2D eigenvalue weighted by atomic mass is 32.1. The number of rotatable bonds is 4. The van der Waals surface area contributed by atoms with Crippen molar-refractivity contribution in [3.05, 3.63) is 22.4 Å². The monoisotopic (exact) mass is 251 g/mol. The van der Waals surface area contributed by atoms with Crippen molar-refractivity contribution in [1.29, 1.82) is 0 Å². The van der Waals surface area contributed by atoms with Gasteiger partial charge in [-0.25, -0.2) is 0 Å². The van der Waals surface area contributed by atoms with Crippen molar-refractivity contribution in [3.8, 4) is 0 Å². The minimum Gasteiger partial charge on any atom is -0.311 e. The molecule has 1 saturated carbocycles.